The van der Waals surface area contributed by atoms with Gasteiger partial charge in [0.15, 0.2) is 0 Å². The quantitative estimate of drug-likeness (QED) is 0.626. The Kier molecular flexibility index (Phi) is 6.54. The van der Waals surface area contributed by atoms with Crippen LogP contribution in [0, 0.1) is 11.7 Å². The molecule has 4 rings (SSSR count). The lowest BCUT2D eigenvalue weighted by atomic mass is 10.00. The number of ether oxygens (including phenoxy) is 1. The van der Waals surface area contributed by atoms with Crippen LogP contribution in [0.5, 0.6) is 5.75 Å². The van der Waals surface area contributed by atoms with Crippen molar-refractivity contribution in [3.05, 3.63) is 65.0 Å². The maximum absolute atomic E-state index is 14.7. The van der Waals surface area contributed by atoms with Crippen molar-refractivity contribution in [1.29, 1.82) is 0 Å². The topological polar surface area (TPSA) is 41.6 Å². The van der Waals surface area contributed by atoms with Crippen molar-refractivity contribution in [2.75, 3.05) is 26.0 Å². The van der Waals surface area contributed by atoms with Gasteiger partial charge in [0.25, 0.3) is 5.91 Å². The third-order valence-corrected chi connectivity index (χ3v) is 6.94. The molecule has 6 heteroatoms. The highest BCUT2D eigenvalue weighted by Gasteiger charge is 2.31. The molecule has 1 atom stereocenters. The number of amides is 1. The second kappa shape index (κ2) is 9.31. The van der Waals surface area contributed by atoms with Gasteiger partial charge < -0.3 is 9.46 Å². The van der Waals surface area contributed by atoms with Crippen LogP contribution in [-0.4, -0.2) is 42.1 Å². The smallest absolute Gasteiger partial charge is 0.263 e. The fraction of sp³-hybridized carbons (Fsp3) is 0.417. The Hall–Kier alpha value is -2.18. The van der Waals surface area contributed by atoms with E-state index in [1.54, 1.807) is 6.07 Å². The molecule has 0 aromatic heterocycles. The highest BCUT2D eigenvalue weighted by molar-refractivity contribution is 8.13. The lowest BCUT2D eigenvalue weighted by molar-refractivity contribution is 0.0554. The molecule has 0 spiro atoms. The van der Waals surface area contributed by atoms with Crippen molar-refractivity contribution < 1.29 is 13.9 Å². The summed E-state index contributed by atoms with van der Waals surface area (Å²) in [6, 6.07) is 13.6. The van der Waals surface area contributed by atoms with Crippen LogP contribution in [0.2, 0.25) is 0 Å². The third kappa shape index (κ3) is 5.10. The molecule has 2 fully saturated rings. The maximum atomic E-state index is 14.7. The normalized spacial score (nSPS) is 18.1. The Balaban J connectivity index is 1.36. The van der Waals surface area contributed by atoms with E-state index in [-0.39, 0.29) is 22.1 Å². The molecule has 2 aromatic carbocycles. The Labute approximate surface area is 180 Å². The summed E-state index contributed by atoms with van der Waals surface area (Å²) in [5.74, 6) is 0.556. The number of hydrogen-bond acceptors (Lipinski definition) is 3. The first-order valence-electron chi connectivity index (χ1n) is 10.5. The van der Waals surface area contributed by atoms with Crippen molar-refractivity contribution in [2.24, 2.45) is 5.92 Å². The summed E-state index contributed by atoms with van der Waals surface area (Å²) in [5.41, 5.74) is 2.40. The summed E-state index contributed by atoms with van der Waals surface area (Å²) in [4.78, 5) is 14.8. The van der Waals surface area contributed by atoms with Crippen LogP contribution in [0.4, 0.5) is 4.39 Å². The van der Waals surface area contributed by atoms with Gasteiger partial charge in [-0.15, -0.1) is 10.7 Å². The molecular weight excluding hydrogens is 399 g/mol. The van der Waals surface area contributed by atoms with Gasteiger partial charge in [0.1, 0.15) is 11.6 Å². The van der Waals surface area contributed by atoms with Crippen LogP contribution in [-0.2, 0) is 6.54 Å². The van der Waals surface area contributed by atoms with E-state index in [1.807, 2.05) is 24.6 Å². The number of hydrogen-bond donors (Lipinski definition) is 1. The zero-order valence-corrected chi connectivity index (χ0v) is 18.4. The van der Waals surface area contributed by atoms with Crippen LogP contribution in [0.25, 0.3) is 0 Å². The van der Waals surface area contributed by atoms with Crippen LogP contribution < -0.4 is 9.46 Å². The standard InChI is InChI=1S/C24H29FN2O2S/c1-3-30(2)26-24(28)21-11-20(19-9-10-19)23(12-22(21)25)29-16-18-14-27(15-18)13-17-7-5-4-6-8-17/h3-8,11-12,18-19H,9-10,13-16H2,1-2H3,(H,26,28). The molecule has 0 bridgehead atoms. The van der Waals surface area contributed by atoms with Gasteiger partial charge >= 0.3 is 0 Å². The van der Waals surface area contributed by atoms with Crippen molar-refractivity contribution >= 4 is 21.9 Å². The Morgan fingerprint density at radius 2 is 2.00 bits per heavy atom. The van der Waals surface area contributed by atoms with E-state index in [1.165, 1.54) is 11.6 Å². The number of nitrogens with one attached hydrogen (secondary N) is 1. The lowest BCUT2D eigenvalue weighted by Gasteiger charge is -2.39. The van der Waals surface area contributed by atoms with E-state index < -0.39 is 5.82 Å². The molecule has 0 radical (unpaired) electrons. The van der Waals surface area contributed by atoms with Crippen molar-refractivity contribution in [2.45, 2.75) is 32.2 Å². The molecule has 30 heavy (non-hydrogen) atoms. The fourth-order valence-corrected chi connectivity index (χ4v) is 4.33. The summed E-state index contributed by atoms with van der Waals surface area (Å²) in [6.07, 6.45) is 4.03. The molecule has 4 nitrogen and oxygen atoms in total. The molecule has 1 aliphatic carbocycles. The Morgan fingerprint density at radius 1 is 1.27 bits per heavy atom. The number of carbonyl (C=O) groups is 1. The van der Waals surface area contributed by atoms with Crippen LogP contribution >= 0.6 is 10.7 Å². The number of halogens is 1. The predicted molar refractivity (Wildman–Crippen MR) is 122 cm³/mol. The molecule has 1 saturated carbocycles. The highest BCUT2D eigenvalue weighted by atomic mass is 32.2. The van der Waals surface area contributed by atoms with E-state index in [0.717, 1.165) is 38.0 Å². The monoisotopic (exact) mass is 428 g/mol. The Bertz CT molecular complexity index is 938. The van der Waals surface area contributed by atoms with Gasteiger partial charge in [0, 0.05) is 31.6 Å². The minimum Gasteiger partial charge on any atom is -0.493 e. The number of rotatable bonds is 8. The van der Waals surface area contributed by atoms with E-state index in [0.29, 0.717) is 24.2 Å². The first-order valence-corrected chi connectivity index (χ1v) is 12.2. The zero-order chi connectivity index (χ0) is 21.1. The molecule has 1 amide bonds. The number of likely N-dealkylation sites (tertiary alicyclic amines) is 1. The van der Waals surface area contributed by atoms with Crippen LogP contribution in [0.15, 0.2) is 42.5 Å². The molecule has 2 aliphatic rings. The number of carbonyl (C=O) groups excluding carboxylic acids is 1. The molecule has 1 aliphatic heterocycles. The Morgan fingerprint density at radius 3 is 2.67 bits per heavy atom. The molecule has 2 aromatic rings. The van der Waals surface area contributed by atoms with Gasteiger partial charge in [-0.3, -0.25) is 9.69 Å². The second-order valence-corrected chi connectivity index (χ2v) is 10.0. The largest absolute Gasteiger partial charge is 0.493 e. The summed E-state index contributed by atoms with van der Waals surface area (Å²) in [6.45, 7) is 5.40. The highest BCUT2D eigenvalue weighted by Crippen LogP contribution is 2.45. The predicted octanol–water partition coefficient (Wildman–Crippen LogP) is 4.58. The minimum absolute atomic E-state index is 0.114. The van der Waals surface area contributed by atoms with E-state index in [2.05, 4.69) is 33.9 Å². The summed E-state index contributed by atoms with van der Waals surface area (Å²) in [7, 11) is -0.372. The minimum atomic E-state index is -0.515. The maximum Gasteiger partial charge on any atom is 0.263 e. The summed E-state index contributed by atoms with van der Waals surface area (Å²) in [5, 5.41) is 1.90. The van der Waals surface area contributed by atoms with Gasteiger partial charge in [-0.05, 0) is 54.5 Å². The summed E-state index contributed by atoms with van der Waals surface area (Å²) >= 11 is 0. The van der Waals surface area contributed by atoms with Gasteiger partial charge in [-0.2, -0.15) is 0 Å². The van der Waals surface area contributed by atoms with E-state index in [9.17, 15) is 9.18 Å². The average Bonchev–Trinajstić information content (AvgIpc) is 3.55. The van der Waals surface area contributed by atoms with E-state index >= 15 is 0 Å². The lowest BCUT2D eigenvalue weighted by Crippen LogP contribution is -2.48. The molecular formula is C24H29FN2O2S. The first-order chi connectivity index (χ1) is 14.5. The number of benzene rings is 2. The molecule has 160 valence electrons. The van der Waals surface area contributed by atoms with Gasteiger partial charge in [-0.25, -0.2) is 4.39 Å². The van der Waals surface area contributed by atoms with Gasteiger partial charge in [0.05, 0.1) is 12.2 Å². The van der Waals surface area contributed by atoms with Crippen LogP contribution in [0.3, 0.4) is 0 Å². The average molecular weight is 429 g/mol. The van der Waals surface area contributed by atoms with Gasteiger partial charge in [0.2, 0.25) is 0 Å². The summed E-state index contributed by atoms with van der Waals surface area (Å²) < 4.78 is 23.6. The molecule has 1 heterocycles. The van der Waals surface area contributed by atoms with Crippen molar-refractivity contribution in [1.82, 2.24) is 9.62 Å². The van der Waals surface area contributed by atoms with Crippen molar-refractivity contribution in [3.63, 3.8) is 0 Å². The third-order valence-electron chi connectivity index (χ3n) is 5.72. The van der Waals surface area contributed by atoms with Crippen LogP contribution in [0.1, 0.15) is 47.2 Å². The molecule has 1 unspecified atom stereocenters. The SMILES string of the molecule is C/C=S(\C)NC(=O)c1cc(C2CC2)c(OCC2CN(Cc3ccccc3)C2)cc1F. The molecule has 1 saturated heterocycles. The zero-order valence-electron chi connectivity index (χ0n) is 17.6. The first kappa shape index (κ1) is 21.1. The number of nitrogens with zero attached hydrogens (tertiary/aromatic N) is 1. The van der Waals surface area contributed by atoms with Gasteiger partial charge in [-0.1, -0.05) is 30.3 Å². The fourth-order valence-electron chi connectivity index (χ4n) is 3.80. The second-order valence-electron chi connectivity index (χ2n) is 8.23. The van der Waals surface area contributed by atoms with Crippen molar-refractivity contribution in [3.8, 4) is 5.75 Å². The molecule has 1 N–H and O–H groups in total. The van der Waals surface area contributed by atoms with E-state index in [4.69, 9.17) is 4.74 Å².